The van der Waals surface area contributed by atoms with E-state index in [9.17, 15) is 4.79 Å². The van der Waals surface area contributed by atoms with Gasteiger partial charge in [-0.15, -0.1) is 0 Å². The van der Waals surface area contributed by atoms with Gasteiger partial charge in [0.15, 0.2) is 0 Å². The number of carbonyl (C=O) groups excluding carboxylic acids is 1. The summed E-state index contributed by atoms with van der Waals surface area (Å²) >= 11 is 12.4. The number of amides is 1. The monoisotopic (exact) mass is 364 g/mol. The first kappa shape index (κ1) is 16.9. The van der Waals surface area contributed by atoms with Crippen LogP contribution in [0.25, 0.3) is 0 Å². The molecule has 6 heteroatoms. The number of ether oxygens (including phenoxy) is 1. The Labute approximate surface area is 151 Å². The van der Waals surface area contributed by atoms with Crippen molar-refractivity contribution in [2.24, 2.45) is 0 Å². The molecular formula is C18H18Cl2N2O2. The Morgan fingerprint density at radius 1 is 1.12 bits per heavy atom. The van der Waals surface area contributed by atoms with E-state index in [-0.39, 0.29) is 5.91 Å². The molecule has 1 saturated heterocycles. The Bertz CT molecular complexity index is 759. The molecule has 0 atom stereocenters. The predicted molar refractivity (Wildman–Crippen MR) is 98.9 cm³/mol. The molecule has 0 unspecified atom stereocenters. The number of nitrogens with zero attached hydrogens (tertiary/aromatic N) is 1. The maximum absolute atomic E-state index is 12.5. The van der Waals surface area contributed by atoms with Gasteiger partial charge in [0.25, 0.3) is 5.91 Å². The summed E-state index contributed by atoms with van der Waals surface area (Å²) in [4.78, 5) is 14.8. The molecule has 3 rings (SSSR count). The third-order valence-corrected chi connectivity index (χ3v) is 4.60. The second-order valence-electron chi connectivity index (χ2n) is 5.66. The molecule has 0 bridgehead atoms. The van der Waals surface area contributed by atoms with E-state index in [2.05, 4.69) is 10.2 Å². The predicted octanol–water partition coefficient (Wildman–Crippen LogP) is 4.85. The standard InChI is InChI=1S/C18H18Cl2N2O2/c1-24-17-7-4-12(19)10-14(17)18(23)21-13-5-6-16(15(20)11-13)22-8-2-3-9-22/h4-7,10-11H,2-3,8-9H2,1H3,(H,21,23). The molecule has 1 aliphatic rings. The third-order valence-electron chi connectivity index (χ3n) is 4.06. The molecular weight excluding hydrogens is 347 g/mol. The van der Waals surface area contributed by atoms with Crippen LogP contribution in [0.5, 0.6) is 5.75 Å². The van der Waals surface area contributed by atoms with Crippen LogP contribution in [0.15, 0.2) is 36.4 Å². The van der Waals surface area contributed by atoms with Gasteiger partial charge >= 0.3 is 0 Å². The van der Waals surface area contributed by atoms with Gasteiger partial charge in [0.1, 0.15) is 5.75 Å². The van der Waals surface area contributed by atoms with E-state index in [0.717, 1.165) is 18.8 Å². The van der Waals surface area contributed by atoms with E-state index in [1.54, 1.807) is 24.3 Å². The van der Waals surface area contributed by atoms with Crippen molar-refractivity contribution in [3.05, 3.63) is 52.0 Å². The summed E-state index contributed by atoms with van der Waals surface area (Å²) in [7, 11) is 1.52. The number of carbonyl (C=O) groups is 1. The lowest BCUT2D eigenvalue weighted by Gasteiger charge is -2.19. The van der Waals surface area contributed by atoms with Gasteiger partial charge in [-0.05, 0) is 49.2 Å². The summed E-state index contributed by atoms with van der Waals surface area (Å²) in [5.41, 5.74) is 2.02. The molecule has 24 heavy (non-hydrogen) atoms. The molecule has 2 aromatic carbocycles. The summed E-state index contributed by atoms with van der Waals surface area (Å²) in [5.74, 6) is 0.177. The minimum atomic E-state index is -0.292. The van der Waals surface area contributed by atoms with Crippen LogP contribution in [0.2, 0.25) is 10.0 Å². The van der Waals surface area contributed by atoms with E-state index >= 15 is 0 Å². The maximum Gasteiger partial charge on any atom is 0.259 e. The van der Waals surface area contributed by atoms with Crippen LogP contribution in [0.3, 0.4) is 0 Å². The number of hydrogen-bond acceptors (Lipinski definition) is 3. The molecule has 0 radical (unpaired) electrons. The van der Waals surface area contributed by atoms with Gasteiger partial charge in [0, 0.05) is 23.8 Å². The third kappa shape index (κ3) is 3.60. The largest absolute Gasteiger partial charge is 0.496 e. The van der Waals surface area contributed by atoms with Crippen LogP contribution < -0.4 is 15.0 Å². The van der Waals surface area contributed by atoms with Crippen LogP contribution in [-0.2, 0) is 0 Å². The number of benzene rings is 2. The molecule has 1 heterocycles. The zero-order chi connectivity index (χ0) is 17.1. The fourth-order valence-corrected chi connectivity index (χ4v) is 3.33. The van der Waals surface area contributed by atoms with E-state index in [4.69, 9.17) is 27.9 Å². The maximum atomic E-state index is 12.5. The van der Waals surface area contributed by atoms with E-state index < -0.39 is 0 Å². The molecule has 0 aliphatic carbocycles. The van der Waals surface area contributed by atoms with Gasteiger partial charge in [-0.25, -0.2) is 0 Å². The lowest BCUT2D eigenvalue weighted by atomic mass is 10.1. The molecule has 126 valence electrons. The normalized spacial score (nSPS) is 13.9. The SMILES string of the molecule is COc1ccc(Cl)cc1C(=O)Nc1ccc(N2CCCC2)c(Cl)c1. The van der Waals surface area contributed by atoms with Crippen molar-refractivity contribution in [3.63, 3.8) is 0 Å². The average Bonchev–Trinajstić information content (AvgIpc) is 3.09. The second kappa shape index (κ2) is 7.32. The van der Waals surface area contributed by atoms with Crippen LogP contribution in [0.4, 0.5) is 11.4 Å². The van der Waals surface area contributed by atoms with Gasteiger partial charge in [0.2, 0.25) is 0 Å². The van der Waals surface area contributed by atoms with Crippen molar-refractivity contribution in [2.45, 2.75) is 12.8 Å². The minimum Gasteiger partial charge on any atom is -0.496 e. The average molecular weight is 365 g/mol. The molecule has 1 aliphatic heterocycles. The summed E-state index contributed by atoms with van der Waals surface area (Å²) < 4.78 is 5.22. The first-order valence-corrected chi connectivity index (χ1v) is 8.53. The van der Waals surface area contributed by atoms with Crippen molar-refractivity contribution >= 4 is 40.5 Å². The van der Waals surface area contributed by atoms with Crippen molar-refractivity contribution < 1.29 is 9.53 Å². The van der Waals surface area contributed by atoms with Crippen LogP contribution in [0, 0.1) is 0 Å². The Kier molecular flexibility index (Phi) is 5.17. The van der Waals surface area contributed by atoms with Crippen molar-refractivity contribution in [2.75, 3.05) is 30.4 Å². The highest BCUT2D eigenvalue weighted by Crippen LogP contribution is 2.31. The van der Waals surface area contributed by atoms with Crippen LogP contribution in [0.1, 0.15) is 23.2 Å². The summed E-state index contributed by atoms with van der Waals surface area (Å²) in [5, 5.41) is 3.95. The highest BCUT2D eigenvalue weighted by molar-refractivity contribution is 6.33. The molecule has 1 fully saturated rings. The molecule has 1 N–H and O–H groups in total. The second-order valence-corrected chi connectivity index (χ2v) is 6.50. The fraction of sp³-hybridized carbons (Fsp3) is 0.278. The van der Waals surface area contributed by atoms with Gasteiger partial charge in [0.05, 0.1) is 23.4 Å². The lowest BCUT2D eigenvalue weighted by molar-refractivity contribution is 0.102. The number of hydrogen-bond donors (Lipinski definition) is 1. The molecule has 0 aromatic heterocycles. The Balaban J connectivity index is 1.79. The molecule has 1 amide bonds. The highest BCUT2D eigenvalue weighted by atomic mass is 35.5. The minimum absolute atomic E-state index is 0.292. The molecule has 4 nitrogen and oxygen atoms in total. The van der Waals surface area contributed by atoms with Gasteiger partial charge in [-0.3, -0.25) is 4.79 Å². The first-order chi connectivity index (χ1) is 11.6. The van der Waals surface area contributed by atoms with Gasteiger partial charge < -0.3 is 15.0 Å². The summed E-state index contributed by atoms with van der Waals surface area (Å²) in [6.07, 6.45) is 2.37. The van der Waals surface area contributed by atoms with E-state index in [1.807, 2.05) is 12.1 Å². The zero-order valence-electron chi connectivity index (χ0n) is 13.3. The van der Waals surface area contributed by atoms with E-state index in [1.165, 1.54) is 20.0 Å². The molecule has 2 aromatic rings. The van der Waals surface area contributed by atoms with E-state index in [0.29, 0.717) is 27.0 Å². The van der Waals surface area contributed by atoms with Gasteiger partial charge in [-0.2, -0.15) is 0 Å². The van der Waals surface area contributed by atoms with Crippen molar-refractivity contribution in [3.8, 4) is 5.75 Å². The number of nitrogens with one attached hydrogen (secondary N) is 1. The number of halogens is 2. The quantitative estimate of drug-likeness (QED) is 0.842. The Hall–Kier alpha value is -1.91. The lowest BCUT2D eigenvalue weighted by Crippen LogP contribution is -2.18. The number of methoxy groups -OCH3 is 1. The zero-order valence-corrected chi connectivity index (χ0v) is 14.8. The van der Waals surface area contributed by atoms with Crippen molar-refractivity contribution in [1.82, 2.24) is 0 Å². The van der Waals surface area contributed by atoms with Crippen molar-refractivity contribution in [1.29, 1.82) is 0 Å². The van der Waals surface area contributed by atoms with Gasteiger partial charge in [-0.1, -0.05) is 23.2 Å². The Morgan fingerprint density at radius 2 is 1.88 bits per heavy atom. The fourth-order valence-electron chi connectivity index (χ4n) is 2.86. The molecule has 0 spiro atoms. The first-order valence-electron chi connectivity index (χ1n) is 7.78. The summed E-state index contributed by atoms with van der Waals surface area (Å²) in [6, 6.07) is 10.5. The Morgan fingerprint density at radius 3 is 2.54 bits per heavy atom. The number of rotatable bonds is 4. The molecule has 0 saturated carbocycles. The highest BCUT2D eigenvalue weighted by Gasteiger charge is 2.17. The van der Waals surface area contributed by atoms with Crippen LogP contribution >= 0.6 is 23.2 Å². The smallest absolute Gasteiger partial charge is 0.259 e. The summed E-state index contributed by atoms with van der Waals surface area (Å²) in [6.45, 7) is 2.04. The topological polar surface area (TPSA) is 41.6 Å². The number of anilines is 2. The van der Waals surface area contributed by atoms with Crippen LogP contribution in [-0.4, -0.2) is 26.1 Å².